The van der Waals surface area contributed by atoms with Crippen molar-refractivity contribution in [3.8, 4) is 5.88 Å². The number of nitroso groups, excluding NO2 is 1. The van der Waals surface area contributed by atoms with Gasteiger partial charge in [-0.05, 0) is 100 Å². The average molecular weight is 1110 g/mol. The Morgan fingerprint density at radius 3 is 1.61 bits per heavy atom. The van der Waals surface area contributed by atoms with Crippen molar-refractivity contribution in [1.82, 2.24) is 4.98 Å². The van der Waals surface area contributed by atoms with Crippen molar-refractivity contribution < 1.29 is 24.4 Å². The van der Waals surface area contributed by atoms with E-state index in [2.05, 4.69) is 91.0 Å². The average Bonchev–Trinajstić information content (AvgIpc) is 4.19. The first-order valence-corrected chi connectivity index (χ1v) is 24.3. The normalized spacial score (nSPS) is 18.2. The smallest absolute Gasteiger partial charge is 0.256 e. The number of hydrogen-bond donors (Lipinski definition) is 4. The molecule has 1 aromatic heterocycles. The molecule has 0 radical (unpaired) electrons. The quantitative estimate of drug-likeness (QED) is 0.0760. The van der Waals surface area contributed by atoms with Crippen LogP contribution >= 0.6 is 47.8 Å². The minimum Gasteiger partial charge on any atom is -0.494 e. The van der Waals surface area contributed by atoms with Gasteiger partial charge < -0.3 is 30.4 Å². The van der Waals surface area contributed by atoms with Gasteiger partial charge in [0, 0.05) is 88.3 Å². The number of aromatic amines is 1. The number of benzene rings is 6. The SMILES string of the molecule is CCO/N=C1/C(=C2/C(=O)Nc3ccc(Br)cc32)Cc2ccccc21.CO/N=C1/C(=C2/C(=O)Nc3ccc(Br)cc32)Cc2ccccc21.O=NC1=C(c2c(O)[nH]c3ccc(Br)cc23)Cc2ccccc21. The molecule has 0 atom stereocenters. The summed E-state index contributed by atoms with van der Waals surface area (Å²) in [6, 6.07) is 41.1. The highest BCUT2D eigenvalue weighted by Crippen LogP contribution is 2.46. The Kier molecular flexibility index (Phi) is 12.6. The molecule has 3 aliphatic carbocycles. The van der Waals surface area contributed by atoms with E-state index in [1.54, 1.807) is 0 Å². The lowest BCUT2D eigenvalue weighted by Crippen LogP contribution is -2.10. The Hall–Kier alpha value is -7.20. The van der Waals surface area contributed by atoms with Crippen molar-refractivity contribution in [2.45, 2.75) is 26.2 Å². The van der Waals surface area contributed by atoms with Gasteiger partial charge in [-0.25, -0.2) is 0 Å². The number of carbonyl (C=O) groups is 2. The van der Waals surface area contributed by atoms with Gasteiger partial charge in [0.25, 0.3) is 11.8 Å². The maximum atomic E-state index is 12.6. The number of oxime groups is 2. The van der Waals surface area contributed by atoms with Gasteiger partial charge in [0.1, 0.15) is 30.8 Å². The van der Waals surface area contributed by atoms with Crippen LogP contribution in [-0.4, -0.2) is 47.0 Å². The zero-order chi connectivity index (χ0) is 47.9. The van der Waals surface area contributed by atoms with E-state index in [4.69, 9.17) is 9.68 Å². The molecule has 3 heterocycles. The number of allylic oxidation sites excluding steroid dienone is 3. The summed E-state index contributed by atoms with van der Waals surface area (Å²) in [4.78, 5) is 49.9. The first-order chi connectivity index (χ1) is 33.6. The van der Waals surface area contributed by atoms with Crippen LogP contribution in [0.15, 0.2) is 167 Å². The molecule has 2 amide bonds. The van der Waals surface area contributed by atoms with Gasteiger partial charge in [-0.1, -0.05) is 131 Å². The first kappa shape index (κ1) is 45.6. The van der Waals surface area contributed by atoms with Crippen LogP contribution in [0.2, 0.25) is 0 Å². The molecule has 2 aliphatic heterocycles. The Balaban J connectivity index is 0.000000120. The highest BCUT2D eigenvalue weighted by atomic mass is 79.9. The van der Waals surface area contributed by atoms with Gasteiger partial charge in [-0.15, -0.1) is 4.91 Å². The lowest BCUT2D eigenvalue weighted by molar-refractivity contribution is -0.111. The summed E-state index contributed by atoms with van der Waals surface area (Å²) >= 11 is 10.4. The van der Waals surface area contributed by atoms with E-state index >= 15 is 0 Å². The third-order valence-corrected chi connectivity index (χ3v) is 13.9. The number of nitrogens with one attached hydrogen (secondary N) is 3. The van der Waals surface area contributed by atoms with Gasteiger partial charge in [-0.3, -0.25) is 9.59 Å². The number of rotatable bonds is 5. The fraction of sp³-hybridized carbons (Fsp3) is 0.111. The van der Waals surface area contributed by atoms with E-state index in [1.165, 1.54) is 7.11 Å². The summed E-state index contributed by atoms with van der Waals surface area (Å²) in [5.41, 5.74) is 17.0. The second kappa shape index (κ2) is 19.1. The van der Waals surface area contributed by atoms with E-state index in [-0.39, 0.29) is 17.7 Å². The maximum Gasteiger partial charge on any atom is 0.256 e. The second-order valence-corrected chi connectivity index (χ2v) is 19.2. The van der Waals surface area contributed by atoms with Gasteiger partial charge in [-0.2, -0.15) is 0 Å². The van der Waals surface area contributed by atoms with Crippen LogP contribution in [0.3, 0.4) is 0 Å². The minimum atomic E-state index is -0.0929. The van der Waals surface area contributed by atoms with Gasteiger partial charge >= 0.3 is 0 Å². The van der Waals surface area contributed by atoms with E-state index in [0.717, 1.165) is 108 Å². The molecule has 0 saturated heterocycles. The summed E-state index contributed by atoms with van der Waals surface area (Å²) in [6.45, 7) is 2.38. The number of halogens is 3. The molecule has 12 nitrogen and oxygen atoms in total. The fourth-order valence-corrected chi connectivity index (χ4v) is 10.6. The number of amides is 2. The van der Waals surface area contributed by atoms with Crippen LogP contribution < -0.4 is 10.6 Å². The van der Waals surface area contributed by atoms with Crippen LogP contribution in [0, 0.1) is 4.91 Å². The van der Waals surface area contributed by atoms with Crippen LogP contribution in [0.25, 0.3) is 33.3 Å². The van der Waals surface area contributed by atoms with Crippen molar-refractivity contribution in [2.75, 3.05) is 24.4 Å². The number of aromatic nitrogens is 1. The standard InChI is InChI=1S/C19H15BrN2O2.C18H13BrN2O2.C17H11BrN2O2/c1-2-24-22-18-13-6-4-3-5-11(13)9-15(18)17-14-10-12(20)7-8-16(14)21-19(17)23;1-23-21-17-12-5-3-2-4-10(12)8-14(17)16-13-9-11(19)6-7-15(13)20-18(16)22;18-10-5-6-14-12(8-10)15(17(21)19-14)13-7-9-3-1-2-4-11(9)16(13)20-22/h3-8,10H,2,9H2,1H3,(H,21,23);2-7,9H,8H2,1H3,(H,20,22);1-6,8,19,21H,7H2/b17-15+,22-18+;16-14+,21-17+;. The number of H-pyrrole nitrogens is 1. The molecule has 6 aromatic carbocycles. The van der Waals surface area contributed by atoms with E-state index in [0.29, 0.717) is 48.3 Å². The van der Waals surface area contributed by atoms with Crippen LogP contribution in [0.4, 0.5) is 11.4 Å². The van der Waals surface area contributed by atoms with Crippen molar-refractivity contribution in [2.24, 2.45) is 15.5 Å². The van der Waals surface area contributed by atoms with E-state index in [1.807, 2.05) is 122 Å². The maximum absolute atomic E-state index is 12.6. The molecule has 12 rings (SSSR count). The Labute approximate surface area is 421 Å². The molecule has 0 spiro atoms. The Bertz CT molecular complexity index is 3500. The molecule has 342 valence electrons. The molecule has 0 bridgehead atoms. The molecule has 15 heteroatoms. The van der Waals surface area contributed by atoms with Gasteiger partial charge in [0.2, 0.25) is 0 Å². The van der Waals surface area contributed by atoms with Crippen molar-refractivity contribution in [1.29, 1.82) is 0 Å². The second-order valence-electron chi connectivity index (χ2n) is 16.4. The molecule has 69 heavy (non-hydrogen) atoms. The van der Waals surface area contributed by atoms with Crippen molar-refractivity contribution >= 4 is 116 Å². The highest BCUT2D eigenvalue weighted by Gasteiger charge is 2.36. The molecule has 7 aromatic rings. The van der Waals surface area contributed by atoms with Crippen molar-refractivity contribution in [3.05, 3.63) is 207 Å². The zero-order valence-electron chi connectivity index (χ0n) is 36.9. The van der Waals surface area contributed by atoms with Crippen molar-refractivity contribution in [3.63, 3.8) is 0 Å². The number of fused-ring (bicyclic) bond motifs is 6. The fourth-order valence-electron chi connectivity index (χ4n) is 9.51. The Morgan fingerprint density at radius 2 is 1.07 bits per heavy atom. The third-order valence-electron chi connectivity index (χ3n) is 12.4. The van der Waals surface area contributed by atoms with Gasteiger partial charge in [0.05, 0.1) is 11.1 Å². The van der Waals surface area contributed by atoms with Crippen LogP contribution in [0.1, 0.15) is 57.0 Å². The van der Waals surface area contributed by atoms with Gasteiger partial charge in [0.15, 0.2) is 5.88 Å². The summed E-state index contributed by atoms with van der Waals surface area (Å²) in [5.74, 6) is -0.114. The number of carbonyl (C=O) groups excluding carboxylic acids is 2. The lowest BCUT2D eigenvalue weighted by Gasteiger charge is -2.06. The summed E-state index contributed by atoms with van der Waals surface area (Å²) in [5, 5.41) is 28.8. The zero-order valence-corrected chi connectivity index (χ0v) is 41.7. The molecule has 0 unspecified atom stereocenters. The molecular formula is C54H39Br3N6O6. The number of hydrogen-bond acceptors (Lipinski definition) is 9. The lowest BCUT2D eigenvalue weighted by atomic mass is 9.98. The molecule has 4 N–H and O–H groups in total. The largest absolute Gasteiger partial charge is 0.494 e. The van der Waals surface area contributed by atoms with Crippen LogP contribution in [-0.2, 0) is 38.5 Å². The highest BCUT2D eigenvalue weighted by molar-refractivity contribution is 9.11. The third kappa shape index (κ3) is 8.44. The predicted molar refractivity (Wildman–Crippen MR) is 282 cm³/mol. The Morgan fingerprint density at radius 1 is 0.594 bits per heavy atom. The number of anilines is 2. The molecule has 0 saturated carbocycles. The molecular weight excluding hydrogens is 1070 g/mol. The van der Waals surface area contributed by atoms with Crippen LogP contribution in [0.5, 0.6) is 5.88 Å². The number of aromatic hydroxyl groups is 1. The van der Waals surface area contributed by atoms with E-state index in [9.17, 15) is 19.6 Å². The number of nitrogens with zero attached hydrogens (tertiary/aromatic N) is 3. The topological polar surface area (TPSA) is 167 Å². The minimum absolute atomic E-state index is 0.0667. The summed E-state index contributed by atoms with van der Waals surface area (Å²) in [6.07, 6.45) is 1.94. The molecule has 5 aliphatic rings. The molecule has 0 fully saturated rings. The summed E-state index contributed by atoms with van der Waals surface area (Å²) < 4.78 is 2.79. The summed E-state index contributed by atoms with van der Waals surface area (Å²) in [7, 11) is 1.52. The first-order valence-electron chi connectivity index (χ1n) is 21.9. The predicted octanol–water partition coefficient (Wildman–Crippen LogP) is 12.7. The van der Waals surface area contributed by atoms with E-state index < -0.39 is 0 Å². The monoisotopic (exact) mass is 1100 g/mol.